The lowest BCUT2D eigenvalue weighted by atomic mass is 10.2. The van der Waals surface area contributed by atoms with Crippen molar-refractivity contribution in [3.05, 3.63) is 48.8 Å². The first kappa shape index (κ1) is 19.9. The third-order valence-electron chi connectivity index (χ3n) is 4.11. The van der Waals surface area contributed by atoms with E-state index in [4.69, 9.17) is 4.74 Å². The van der Waals surface area contributed by atoms with Gasteiger partial charge in [0, 0.05) is 30.2 Å². The molecule has 0 aliphatic carbocycles. The van der Waals surface area contributed by atoms with Gasteiger partial charge < -0.3 is 14.6 Å². The van der Waals surface area contributed by atoms with Gasteiger partial charge in [-0.05, 0) is 49.7 Å². The maximum absolute atomic E-state index is 12.6. The van der Waals surface area contributed by atoms with Gasteiger partial charge in [-0.25, -0.2) is 0 Å². The fraction of sp³-hybridized carbons (Fsp3) is 0.300. The zero-order chi connectivity index (χ0) is 19.9. The SMILES string of the molecule is CCCn1c(S[C@H](C)C(=O)Nc2ccc(OC)cc2)nnc1-c1ccncc1. The first-order valence-corrected chi connectivity index (χ1v) is 9.95. The number of methoxy groups -OCH3 is 1. The number of thioether (sulfide) groups is 1. The molecular weight excluding hydrogens is 374 g/mol. The third kappa shape index (κ3) is 4.69. The maximum atomic E-state index is 12.6. The number of anilines is 1. The van der Waals surface area contributed by atoms with E-state index < -0.39 is 0 Å². The second kappa shape index (κ2) is 9.36. The molecule has 1 atom stereocenters. The predicted octanol–water partition coefficient (Wildman–Crippen LogP) is 3.88. The van der Waals surface area contributed by atoms with Crippen molar-refractivity contribution in [2.75, 3.05) is 12.4 Å². The Balaban J connectivity index is 1.73. The van der Waals surface area contributed by atoms with Crippen LogP contribution in [0.15, 0.2) is 53.9 Å². The fourth-order valence-corrected chi connectivity index (χ4v) is 3.52. The lowest BCUT2D eigenvalue weighted by Gasteiger charge is -2.13. The smallest absolute Gasteiger partial charge is 0.237 e. The molecule has 2 aromatic heterocycles. The Labute approximate surface area is 168 Å². The molecule has 0 fully saturated rings. The number of benzene rings is 1. The zero-order valence-electron chi connectivity index (χ0n) is 16.1. The summed E-state index contributed by atoms with van der Waals surface area (Å²) in [7, 11) is 1.61. The molecule has 7 nitrogen and oxygen atoms in total. The van der Waals surface area contributed by atoms with Crippen molar-refractivity contribution in [1.29, 1.82) is 0 Å². The Morgan fingerprint density at radius 3 is 2.54 bits per heavy atom. The van der Waals surface area contributed by atoms with E-state index >= 15 is 0 Å². The number of pyridine rings is 1. The highest BCUT2D eigenvalue weighted by molar-refractivity contribution is 8.00. The molecule has 0 aliphatic rings. The Morgan fingerprint density at radius 1 is 1.18 bits per heavy atom. The molecule has 1 aromatic carbocycles. The number of hydrogen-bond acceptors (Lipinski definition) is 6. The summed E-state index contributed by atoms with van der Waals surface area (Å²) >= 11 is 1.40. The summed E-state index contributed by atoms with van der Waals surface area (Å²) in [5.41, 5.74) is 1.68. The van der Waals surface area contributed by atoms with E-state index in [1.807, 2.05) is 43.3 Å². The molecule has 3 aromatic rings. The van der Waals surface area contributed by atoms with Crippen LogP contribution < -0.4 is 10.1 Å². The quantitative estimate of drug-likeness (QED) is 0.581. The summed E-state index contributed by atoms with van der Waals surface area (Å²) < 4.78 is 7.19. The standard InChI is InChI=1S/C20H23N5O2S/c1-4-13-25-18(15-9-11-21-12-10-15)23-24-20(25)28-14(2)19(26)22-16-5-7-17(27-3)8-6-16/h5-12,14H,4,13H2,1-3H3,(H,22,26)/t14-/m1/s1. The number of ether oxygens (including phenoxy) is 1. The number of carbonyl (C=O) groups excluding carboxylic acids is 1. The molecule has 0 saturated carbocycles. The van der Waals surface area contributed by atoms with Gasteiger partial charge in [0.2, 0.25) is 5.91 Å². The van der Waals surface area contributed by atoms with Gasteiger partial charge in [-0.1, -0.05) is 18.7 Å². The minimum absolute atomic E-state index is 0.0910. The van der Waals surface area contributed by atoms with Crippen LogP contribution in [0.3, 0.4) is 0 Å². The van der Waals surface area contributed by atoms with Crippen LogP contribution in [0.1, 0.15) is 20.3 Å². The number of nitrogens with zero attached hydrogens (tertiary/aromatic N) is 4. The van der Waals surface area contributed by atoms with Crippen molar-refractivity contribution in [3.63, 3.8) is 0 Å². The van der Waals surface area contributed by atoms with Crippen molar-refractivity contribution < 1.29 is 9.53 Å². The Bertz CT molecular complexity index is 912. The van der Waals surface area contributed by atoms with E-state index in [2.05, 4.69) is 32.0 Å². The molecule has 146 valence electrons. The molecular formula is C20H23N5O2S. The molecule has 0 radical (unpaired) electrons. The number of aromatic nitrogens is 4. The number of nitrogens with one attached hydrogen (secondary N) is 1. The topological polar surface area (TPSA) is 81.9 Å². The first-order chi connectivity index (χ1) is 13.6. The van der Waals surface area contributed by atoms with Gasteiger partial charge in [-0.3, -0.25) is 9.78 Å². The molecule has 0 bridgehead atoms. The normalized spacial score (nSPS) is 11.8. The first-order valence-electron chi connectivity index (χ1n) is 9.07. The van der Waals surface area contributed by atoms with E-state index in [1.165, 1.54) is 11.8 Å². The van der Waals surface area contributed by atoms with Crippen molar-refractivity contribution in [3.8, 4) is 17.1 Å². The van der Waals surface area contributed by atoms with Gasteiger partial charge in [0.25, 0.3) is 0 Å². The average molecular weight is 398 g/mol. The Morgan fingerprint density at radius 2 is 1.89 bits per heavy atom. The highest BCUT2D eigenvalue weighted by Crippen LogP contribution is 2.27. The highest BCUT2D eigenvalue weighted by atomic mass is 32.2. The summed E-state index contributed by atoms with van der Waals surface area (Å²) in [4.78, 5) is 16.6. The van der Waals surface area contributed by atoms with Gasteiger partial charge in [-0.2, -0.15) is 0 Å². The summed E-state index contributed by atoms with van der Waals surface area (Å²) in [6.45, 7) is 4.74. The Kier molecular flexibility index (Phi) is 6.65. The molecule has 0 spiro atoms. The molecule has 8 heteroatoms. The Hall–Kier alpha value is -2.87. The summed E-state index contributed by atoms with van der Waals surface area (Å²) in [6, 6.07) is 11.1. The lowest BCUT2D eigenvalue weighted by Crippen LogP contribution is -2.23. The van der Waals surface area contributed by atoms with Crippen molar-refractivity contribution >= 4 is 23.4 Å². The van der Waals surface area contributed by atoms with E-state index in [1.54, 1.807) is 19.5 Å². The van der Waals surface area contributed by atoms with Crippen LogP contribution >= 0.6 is 11.8 Å². The maximum Gasteiger partial charge on any atom is 0.237 e. The molecule has 0 saturated heterocycles. The zero-order valence-corrected chi connectivity index (χ0v) is 16.9. The van der Waals surface area contributed by atoms with Crippen molar-refractivity contribution in [2.24, 2.45) is 0 Å². The summed E-state index contributed by atoms with van der Waals surface area (Å²) in [5, 5.41) is 12.0. The van der Waals surface area contributed by atoms with E-state index in [0.29, 0.717) is 0 Å². The minimum atomic E-state index is -0.327. The summed E-state index contributed by atoms with van der Waals surface area (Å²) in [5.74, 6) is 1.44. The van der Waals surface area contributed by atoms with Crippen LogP contribution in [0.25, 0.3) is 11.4 Å². The van der Waals surface area contributed by atoms with Crippen LogP contribution in [0, 0.1) is 0 Å². The average Bonchev–Trinajstić information content (AvgIpc) is 3.11. The molecule has 0 unspecified atom stereocenters. The van der Waals surface area contributed by atoms with Crippen LogP contribution in [0.2, 0.25) is 0 Å². The van der Waals surface area contributed by atoms with Gasteiger partial charge >= 0.3 is 0 Å². The van der Waals surface area contributed by atoms with Gasteiger partial charge in [0.15, 0.2) is 11.0 Å². The van der Waals surface area contributed by atoms with E-state index in [9.17, 15) is 4.79 Å². The van der Waals surface area contributed by atoms with Crippen LogP contribution in [-0.2, 0) is 11.3 Å². The predicted molar refractivity (Wildman–Crippen MR) is 110 cm³/mol. The van der Waals surface area contributed by atoms with Gasteiger partial charge in [0.1, 0.15) is 5.75 Å². The fourth-order valence-electron chi connectivity index (χ4n) is 2.65. The third-order valence-corrected chi connectivity index (χ3v) is 5.19. The second-order valence-corrected chi connectivity index (χ2v) is 7.48. The number of carbonyl (C=O) groups is 1. The van der Waals surface area contributed by atoms with Crippen LogP contribution in [-0.4, -0.2) is 38.0 Å². The number of hydrogen-bond donors (Lipinski definition) is 1. The van der Waals surface area contributed by atoms with Crippen molar-refractivity contribution in [2.45, 2.75) is 37.2 Å². The second-order valence-electron chi connectivity index (χ2n) is 6.17. The number of rotatable bonds is 8. The molecule has 2 heterocycles. The molecule has 1 amide bonds. The lowest BCUT2D eigenvalue weighted by molar-refractivity contribution is -0.115. The molecule has 3 rings (SSSR count). The largest absolute Gasteiger partial charge is 0.497 e. The molecule has 0 aliphatic heterocycles. The van der Waals surface area contributed by atoms with E-state index in [-0.39, 0.29) is 11.2 Å². The summed E-state index contributed by atoms with van der Waals surface area (Å²) in [6.07, 6.45) is 4.41. The minimum Gasteiger partial charge on any atom is -0.497 e. The van der Waals surface area contributed by atoms with E-state index in [0.717, 1.165) is 40.9 Å². The molecule has 28 heavy (non-hydrogen) atoms. The van der Waals surface area contributed by atoms with Gasteiger partial charge in [0.05, 0.1) is 12.4 Å². The number of amides is 1. The van der Waals surface area contributed by atoms with Crippen molar-refractivity contribution in [1.82, 2.24) is 19.7 Å². The van der Waals surface area contributed by atoms with Gasteiger partial charge in [-0.15, -0.1) is 10.2 Å². The van der Waals surface area contributed by atoms with Crippen LogP contribution in [0.5, 0.6) is 5.75 Å². The monoisotopic (exact) mass is 397 g/mol. The van der Waals surface area contributed by atoms with Crippen LogP contribution in [0.4, 0.5) is 5.69 Å². The molecule has 1 N–H and O–H groups in total. The highest BCUT2D eigenvalue weighted by Gasteiger charge is 2.20.